The Balaban J connectivity index is 2.03. The van der Waals surface area contributed by atoms with E-state index in [4.69, 9.17) is 14.5 Å². The molecular weight excluding hydrogens is 340 g/mol. The zero-order valence-corrected chi connectivity index (χ0v) is 17.1. The number of benzene rings is 1. The lowest BCUT2D eigenvalue weighted by molar-refractivity contribution is 0.353. The summed E-state index contributed by atoms with van der Waals surface area (Å²) in [5.41, 5.74) is 1.02. The van der Waals surface area contributed by atoms with Gasteiger partial charge in [-0.05, 0) is 36.8 Å². The number of nitrogens with one attached hydrogen (secondary N) is 2. The zero-order valence-electron chi connectivity index (χ0n) is 17.1. The minimum Gasteiger partial charge on any atom is -0.493 e. The van der Waals surface area contributed by atoms with Crippen molar-refractivity contribution in [1.82, 2.24) is 15.2 Å². The Hall–Kier alpha value is -2.63. The largest absolute Gasteiger partial charge is 0.493 e. The smallest absolute Gasteiger partial charge is 0.191 e. The van der Waals surface area contributed by atoms with E-state index in [9.17, 15) is 0 Å². The molecule has 1 heterocycles. The van der Waals surface area contributed by atoms with E-state index in [1.54, 1.807) is 14.2 Å². The normalized spacial score (nSPS) is 12.0. The van der Waals surface area contributed by atoms with E-state index in [1.165, 1.54) is 0 Å². The number of hydrogen-bond acceptors (Lipinski definition) is 3. The molecule has 0 radical (unpaired) electrons. The lowest BCUT2D eigenvalue weighted by Gasteiger charge is -2.25. The molecule has 0 saturated heterocycles. The molecule has 1 aromatic carbocycles. The highest BCUT2D eigenvalue weighted by atomic mass is 16.5. The quantitative estimate of drug-likeness (QED) is 0.525. The second-order valence-electron chi connectivity index (χ2n) is 7.00. The number of rotatable bonds is 9. The van der Waals surface area contributed by atoms with Crippen LogP contribution in [0.1, 0.15) is 26.3 Å². The topological polar surface area (TPSA) is 59.8 Å². The molecule has 0 atom stereocenters. The molecule has 0 unspecified atom stereocenters. The first-order chi connectivity index (χ1) is 13.0. The van der Waals surface area contributed by atoms with E-state index in [1.807, 2.05) is 24.3 Å². The summed E-state index contributed by atoms with van der Waals surface area (Å²) in [7, 11) is 3.31. The Bertz CT molecular complexity index is 724. The van der Waals surface area contributed by atoms with Gasteiger partial charge in [-0.3, -0.25) is 4.99 Å². The first kappa shape index (κ1) is 20.7. The van der Waals surface area contributed by atoms with Crippen LogP contribution >= 0.6 is 0 Å². The van der Waals surface area contributed by atoms with Crippen molar-refractivity contribution in [3.8, 4) is 11.5 Å². The van der Waals surface area contributed by atoms with E-state index < -0.39 is 0 Å². The van der Waals surface area contributed by atoms with Gasteiger partial charge in [-0.15, -0.1) is 0 Å². The van der Waals surface area contributed by atoms with Crippen LogP contribution in [0.5, 0.6) is 11.5 Å². The first-order valence-corrected chi connectivity index (χ1v) is 9.35. The molecule has 2 N–H and O–H groups in total. The van der Waals surface area contributed by atoms with Crippen LogP contribution < -0.4 is 20.1 Å². The van der Waals surface area contributed by atoms with Gasteiger partial charge < -0.3 is 24.7 Å². The van der Waals surface area contributed by atoms with Crippen LogP contribution in [0.15, 0.2) is 47.7 Å². The number of methoxy groups -OCH3 is 2. The molecule has 6 heteroatoms. The Morgan fingerprint density at radius 3 is 2.41 bits per heavy atom. The molecule has 0 spiro atoms. The number of ether oxygens (including phenoxy) is 2. The molecular formula is C21H32N4O2. The lowest BCUT2D eigenvalue weighted by atomic mass is 9.84. The van der Waals surface area contributed by atoms with Gasteiger partial charge in [0.2, 0.25) is 0 Å². The maximum atomic E-state index is 5.44. The fraction of sp³-hybridized carbons (Fsp3) is 0.476. The van der Waals surface area contributed by atoms with Gasteiger partial charge in [0, 0.05) is 37.4 Å². The van der Waals surface area contributed by atoms with Crippen molar-refractivity contribution in [2.24, 2.45) is 4.99 Å². The zero-order chi connectivity index (χ0) is 19.7. The Labute approximate surface area is 162 Å². The highest BCUT2D eigenvalue weighted by Crippen LogP contribution is 2.33. The van der Waals surface area contributed by atoms with Crippen LogP contribution in [-0.4, -0.2) is 44.4 Å². The van der Waals surface area contributed by atoms with E-state index in [0.717, 1.165) is 42.7 Å². The van der Waals surface area contributed by atoms with Gasteiger partial charge in [0.15, 0.2) is 17.5 Å². The van der Waals surface area contributed by atoms with Crippen molar-refractivity contribution in [3.63, 3.8) is 0 Å². The molecule has 6 nitrogen and oxygen atoms in total. The first-order valence-electron chi connectivity index (χ1n) is 9.35. The molecule has 0 aliphatic carbocycles. The average Bonchev–Trinajstić information content (AvgIpc) is 3.19. The van der Waals surface area contributed by atoms with Gasteiger partial charge in [-0.2, -0.15) is 0 Å². The fourth-order valence-corrected chi connectivity index (χ4v) is 2.79. The second-order valence-corrected chi connectivity index (χ2v) is 7.00. The van der Waals surface area contributed by atoms with Crippen LogP contribution in [0, 0.1) is 0 Å². The van der Waals surface area contributed by atoms with E-state index in [0.29, 0.717) is 6.54 Å². The third kappa shape index (κ3) is 5.94. The van der Waals surface area contributed by atoms with Crippen LogP contribution in [-0.2, 0) is 12.0 Å². The number of aliphatic imine (C=N–C) groups is 1. The van der Waals surface area contributed by atoms with Gasteiger partial charge in [0.25, 0.3) is 0 Å². The summed E-state index contributed by atoms with van der Waals surface area (Å²) < 4.78 is 12.9. The predicted octanol–water partition coefficient (Wildman–Crippen LogP) is 3.04. The number of nitrogens with zero attached hydrogens (tertiary/aromatic N) is 2. The number of aromatic nitrogens is 1. The van der Waals surface area contributed by atoms with Crippen molar-refractivity contribution in [2.45, 2.75) is 32.7 Å². The fourth-order valence-electron chi connectivity index (χ4n) is 2.79. The second kappa shape index (κ2) is 9.90. The molecule has 0 bridgehead atoms. The third-order valence-electron chi connectivity index (χ3n) is 4.47. The van der Waals surface area contributed by atoms with Gasteiger partial charge in [0.1, 0.15) is 0 Å². The Kier molecular flexibility index (Phi) is 7.58. The van der Waals surface area contributed by atoms with Gasteiger partial charge >= 0.3 is 0 Å². The monoisotopic (exact) mass is 372 g/mol. The molecule has 0 aliphatic rings. The molecule has 148 valence electrons. The molecule has 0 saturated carbocycles. The predicted molar refractivity (Wildman–Crippen MR) is 111 cm³/mol. The van der Waals surface area contributed by atoms with Gasteiger partial charge in [0.05, 0.1) is 20.8 Å². The summed E-state index contributed by atoms with van der Waals surface area (Å²) in [6.07, 6.45) is 4.12. The molecule has 0 fully saturated rings. The highest BCUT2D eigenvalue weighted by Gasteiger charge is 2.22. The number of guanidine groups is 1. The summed E-state index contributed by atoms with van der Waals surface area (Å²) in [5.74, 6) is 2.31. The van der Waals surface area contributed by atoms with Crippen molar-refractivity contribution < 1.29 is 9.47 Å². The molecule has 0 amide bonds. The average molecular weight is 373 g/mol. The van der Waals surface area contributed by atoms with Crippen LogP contribution in [0.3, 0.4) is 0 Å². The van der Waals surface area contributed by atoms with Crippen molar-refractivity contribution in [1.29, 1.82) is 0 Å². The summed E-state index contributed by atoms with van der Waals surface area (Å²) >= 11 is 0. The van der Waals surface area contributed by atoms with Crippen LogP contribution in [0.2, 0.25) is 0 Å². The van der Waals surface area contributed by atoms with Crippen LogP contribution in [0.4, 0.5) is 0 Å². The Morgan fingerprint density at radius 2 is 1.78 bits per heavy atom. The Morgan fingerprint density at radius 1 is 1.07 bits per heavy atom. The van der Waals surface area contributed by atoms with E-state index >= 15 is 0 Å². The SMILES string of the molecule is CCNC(=NCC(C)(C)c1ccc(OC)c(OC)c1)NCCn1cccc1. The minimum absolute atomic E-state index is 0.137. The summed E-state index contributed by atoms with van der Waals surface area (Å²) in [5, 5.41) is 6.71. The summed E-state index contributed by atoms with van der Waals surface area (Å²) in [6, 6.07) is 10.1. The molecule has 2 aromatic rings. The number of hydrogen-bond donors (Lipinski definition) is 2. The van der Waals surface area contributed by atoms with Crippen molar-refractivity contribution in [2.75, 3.05) is 33.9 Å². The molecule has 27 heavy (non-hydrogen) atoms. The van der Waals surface area contributed by atoms with Crippen molar-refractivity contribution in [3.05, 3.63) is 48.3 Å². The maximum Gasteiger partial charge on any atom is 0.191 e. The summed E-state index contributed by atoms with van der Waals surface area (Å²) in [6.45, 7) is 9.63. The molecule has 1 aromatic heterocycles. The van der Waals surface area contributed by atoms with Gasteiger partial charge in [-0.25, -0.2) is 0 Å². The maximum absolute atomic E-state index is 5.44. The third-order valence-corrected chi connectivity index (χ3v) is 4.47. The highest BCUT2D eigenvalue weighted by molar-refractivity contribution is 5.79. The standard InChI is InChI=1S/C21H32N4O2/c1-6-22-20(23-11-14-25-12-7-8-13-25)24-16-21(2,3)17-9-10-18(26-4)19(15-17)27-5/h7-10,12-13,15H,6,11,14,16H2,1-5H3,(H2,22,23,24). The van der Waals surface area contributed by atoms with Crippen molar-refractivity contribution >= 4 is 5.96 Å². The van der Waals surface area contributed by atoms with E-state index in [2.05, 4.69) is 54.4 Å². The molecule has 0 aliphatic heterocycles. The van der Waals surface area contributed by atoms with Gasteiger partial charge in [-0.1, -0.05) is 19.9 Å². The summed E-state index contributed by atoms with van der Waals surface area (Å²) in [4.78, 5) is 4.79. The minimum atomic E-state index is -0.137. The lowest BCUT2D eigenvalue weighted by Crippen LogP contribution is -2.39. The van der Waals surface area contributed by atoms with Crippen LogP contribution in [0.25, 0.3) is 0 Å². The van der Waals surface area contributed by atoms with E-state index in [-0.39, 0.29) is 5.41 Å². The molecule has 2 rings (SSSR count).